The van der Waals surface area contributed by atoms with Gasteiger partial charge in [0.2, 0.25) is 10.0 Å². The van der Waals surface area contributed by atoms with E-state index in [0.717, 1.165) is 17.3 Å². The van der Waals surface area contributed by atoms with Crippen molar-refractivity contribution in [3.05, 3.63) is 29.8 Å². The highest BCUT2D eigenvalue weighted by Crippen LogP contribution is 2.14. The molecule has 0 saturated heterocycles. The van der Waals surface area contributed by atoms with E-state index in [9.17, 15) is 8.42 Å². The lowest BCUT2D eigenvalue weighted by molar-refractivity contribution is 0.199. The fourth-order valence-electron chi connectivity index (χ4n) is 1.46. The van der Waals surface area contributed by atoms with Crippen LogP contribution in [-0.2, 0) is 16.4 Å². The Labute approximate surface area is 130 Å². The topological polar surface area (TPSA) is 49.4 Å². The molecule has 0 fully saturated rings. The molecule has 0 aliphatic heterocycles. The minimum Gasteiger partial charge on any atom is -0.303 e. The van der Waals surface area contributed by atoms with Crippen LogP contribution in [0.4, 0.5) is 0 Å². The third kappa shape index (κ3) is 4.84. The summed E-state index contributed by atoms with van der Waals surface area (Å²) >= 11 is 3.37. The van der Waals surface area contributed by atoms with Gasteiger partial charge in [0.15, 0.2) is 0 Å². The minimum absolute atomic E-state index is 0.233. The average Bonchev–Trinajstić information content (AvgIpc) is 2.38. The Kier molecular flexibility index (Phi) is 6.19. The molecule has 0 aliphatic carbocycles. The van der Waals surface area contributed by atoms with Crippen molar-refractivity contribution in [1.29, 1.82) is 0 Å². The van der Waals surface area contributed by atoms with Crippen molar-refractivity contribution < 1.29 is 8.42 Å². The van der Waals surface area contributed by atoms with Crippen molar-refractivity contribution in [2.24, 2.45) is 0 Å². The molecular weight excluding hydrogens is 340 g/mol. The van der Waals surface area contributed by atoms with Crippen LogP contribution < -0.4 is 4.72 Å². The maximum atomic E-state index is 12.2. The highest BCUT2D eigenvalue weighted by molar-refractivity contribution is 9.09. The molecule has 1 aromatic rings. The van der Waals surface area contributed by atoms with Crippen molar-refractivity contribution in [2.75, 3.05) is 26.0 Å². The van der Waals surface area contributed by atoms with Gasteiger partial charge in [-0.2, -0.15) is 0 Å². The summed E-state index contributed by atoms with van der Waals surface area (Å²) in [5.41, 5.74) is 0.887. The largest absolute Gasteiger partial charge is 0.303 e. The number of halogens is 1. The quantitative estimate of drug-likeness (QED) is 0.756. The van der Waals surface area contributed by atoms with E-state index in [0.29, 0.717) is 11.4 Å². The molecule has 0 aromatic heterocycles. The first-order chi connectivity index (χ1) is 9.19. The van der Waals surface area contributed by atoms with Gasteiger partial charge >= 0.3 is 0 Å². The minimum atomic E-state index is -3.45. The molecule has 0 spiro atoms. The van der Waals surface area contributed by atoms with Gasteiger partial charge in [-0.25, -0.2) is 13.1 Å². The monoisotopic (exact) mass is 362 g/mol. The number of benzene rings is 1. The van der Waals surface area contributed by atoms with Crippen LogP contribution >= 0.6 is 15.9 Å². The fourth-order valence-corrected chi connectivity index (χ4v) is 3.12. The maximum Gasteiger partial charge on any atom is 0.240 e. The third-order valence-corrected chi connectivity index (χ3v) is 5.34. The lowest BCUT2D eigenvalue weighted by atomic mass is 10.1. The molecule has 1 aromatic carbocycles. The molecule has 114 valence electrons. The van der Waals surface area contributed by atoms with E-state index in [4.69, 9.17) is 0 Å². The van der Waals surface area contributed by atoms with Crippen LogP contribution in [0.15, 0.2) is 29.2 Å². The molecule has 0 heterocycles. The molecule has 0 atom stereocenters. The maximum absolute atomic E-state index is 12.2. The number of alkyl halides is 1. The number of rotatable bonds is 7. The molecule has 0 saturated carbocycles. The molecule has 0 radical (unpaired) electrons. The summed E-state index contributed by atoms with van der Waals surface area (Å²) in [6, 6.07) is 7.02. The predicted octanol–water partition coefficient (Wildman–Crippen LogP) is 2.24. The van der Waals surface area contributed by atoms with Gasteiger partial charge in [-0.15, -0.1) is 0 Å². The SMILES string of the molecule is CN(C)C(C)(C)CNS(=O)(=O)c1ccc(CCBr)cc1. The zero-order valence-electron chi connectivity index (χ0n) is 12.5. The molecule has 6 heteroatoms. The number of aryl methyl sites for hydroxylation is 1. The van der Waals surface area contributed by atoms with E-state index in [1.165, 1.54) is 0 Å². The smallest absolute Gasteiger partial charge is 0.240 e. The first-order valence-corrected chi connectivity index (χ1v) is 9.11. The standard InChI is InChI=1S/C14H23BrN2O2S/c1-14(2,17(3)4)11-16-20(18,19)13-7-5-12(6-8-13)9-10-15/h5-8,16H,9-11H2,1-4H3. The summed E-state index contributed by atoms with van der Waals surface area (Å²) in [6.07, 6.45) is 0.890. The van der Waals surface area contributed by atoms with Gasteiger partial charge in [-0.05, 0) is 52.1 Å². The normalized spacial score (nSPS) is 12.9. The van der Waals surface area contributed by atoms with Crippen molar-refractivity contribution >= 4 is 26.0 Å². The Morgan fingerprint density at radius 1 is 1.20 bits per heavy atom. The van der Waals surface area contributed by atoms with Crippen molar-refractivity contribution in [3.8, 4) is 0 Å². The second-order valence-electron chi connectivity index (χ2n) is 5.61. The van der Waals surface area contributed by atoms with Crippen LogP contribution in [0.1, 0.15) is 19.4 Å². The van der Waals surface area contributed by atoms with Crippen LogP contribution in [0.5, 0.6) is 0 Å². The number of sulfonamides is 1. The molecule has 0 bridgehead atoms. The zero-order valence-corrected chi connectivity index (χ0v) is 14.9. The Bertz CT molecular complexity index is 525. The molecule has 20 heavy (non-hydrogen) atoms. The molecule has 0 amide bonds. The highest BCUT2D eigenvalue weighted by atomic mass is 79.9. The molecule has 0 unspecified atom stereocenters. The van der Waals surface area contributed by atoms with E-state index in [2.05, 4.69) is 20.7 Å². The summed E-state index contributed by atoms with van der Waals surface area (Å²) < 4.78 is 27.1. The first kappa shape index (κ1) is 17.6. The summed E-state index contributed by atoms with van der Waals surface area (Å²) in [7, 11) is 0.421. The van der Waals surface area contributed by atoms with Gasteiger partial charge in [-0.3, -0.25) is 0 Å². The van der Waals surface area contributed by atoms with E-state index in [-0.39, 0.29) is 5.54 Å². The third-order valence-electron chi connectivity index (χ3n) is 3.52. The lowest BCUT2D eigenvalue weighted by Crippen LogP contribution is -2.48. The van der Waals surface area contributed by atoms with Gasteiger partial charge in [0, 0.05) is 17.4 Å². The lowest BCUT2D eigenvalue weighted by Gasteiger charge is -2.32. The van der Waals surface area contributed by atoms with Crippen molar-refractivity contribution in [3.63, 3.8) is 0 Å². The Morgan fingerprint density at radius 3 is 2.20 bits per heavy atom. The number of nitrogens with one attached hydrogen (secondary N) is 1. The molecule has 0 aliphatic rings. The van der Waals surface area contributed by atoms with Gasteiger partial charge < -0.3 is 4.90 Å². The van der Waals surface area contributed by atoms with Crippen molar-refractivity contribution in [1.82, 2.24) is 9.62 Å². The summed E-state index contributed by atoms with van der Waals surface area (Å²) in [6.45, 7) is 4.36. The van der Waals surface area contributed by atoms with E-state index in [1.54, 1.807) is 12.1 Å². The summed E-state index contributed by atoms with van der Waals surface area (Å²) in [4.78, 5) is 2.31. The van der Waals surface area contributed by atoms with Gasteiger partial charge in [0.1, 0.15) is 0 Å². The fraction of sp³-hybridized carbons (Fsp3) is 0.571. The zero-order chi connectivity index (χ0) is 15.4. The Morgan fingerprint density at radius 2 is 1.75 bits per heavy atom. The summed E-state index contributed by atoms with van der Waals surface area (Å²) in [5.74, 6) is 0. The Hall–Kier alpha value is -0.430. The Balaban J connectivity index is 2.79. The number of hydrogen-bond acceptors (Lipinski definition) is 3. The predicted molar refractivity (Wildman–Crippen MR) is 86.9 cm³/mol. The van der Waals surface area contributed by atoms with Crippen LogP contribution in [0.3, 0.4) is 0 Å². The molecule has 1 rings (SSSR count). The number of hydrogen-bond donors (Lipinski definition) is 1. The second-order valence-corrected chi connectivity index (χ2v) is 8.17. The van der Waals surface area contributed by atoms with Gasteiger partial charge in [0.25, 0.3) is 0 Å². The first-order valence-electron chi connectivity index (χ1n) is 6.51. The highest BCUT2D eigenvalue weighted by Gasteiger charge is 2.24. The molecular formula is C14H23BrN2O2S. The average molecular weight is 363 g/mol. The molecule has 4 nitrogen and oxygen atoms in total. The number of nitrogens with zero attached hydrogens (tertiary/aromatic N) is 1. The molecule has 1 N–H and O–H groups in total. The van der Waals surface area contributed by atoms with Gasteiger partial charge in [-0.1, -0.05) is 28.1 Å². The van der Waals surface area contributed by atoms with E-state index >= 15 is 0 Å². The van der Waals surface area contributed by atoms with Crippen LogP contribution in [0.2, 0.25) is 0 Å². The number of likely N-dealkylation sites (N-methyl/N-ethyl adjacent to an activating group) is 1. The second kappa shape index (κ2) is 7.02. The van der Waals surface area contributed by atoms with Crippen LogP contribution in [0.25, 0.3) is 0 Å². The van der Waals surface area contributed by atoms with E-state index in [1.807, 2.05) is 45.0 Å². The van der Waals surface area contributed by atoms with E-state index < -0.39 is 10.0 Å². The van der Waals surface area contributed by atoms with Crippen LogP contribution in [0, 0.1) is 0 Å². The van der Waals surface area contributed by atoms with Gasteiger partial charge in [0.05, 0.1) is 4.90 Å². The van der Waals surface area contributed by atoms with Crippen molar-refractivity contribution in [2.45, 2.75) is 30.7 Å². The van der Waals surface area contributed by atoms with Crippen LogP contribution in [-0.4, -0.2) is 44.8 Å². The summed E-state index contributed by atoms with van der Waals surface area (Å²) in [5, 5.41) is 0.869.